The highest BCUT2D eigenvalue weighted by Gasteiger charge is 2.40. The van der Waals surface area contributed by atoms with Crippen LogP contribution in [0.1, 0.15) is 41.9 Å². The number of esters is 1. The first-order valence-electron chi connectivity index (χ1n) is 11.3. The molecule has 0 bridgehead atoms. The van der Waals surface area contributed by atoms with Crippen molar-refractivity contribution < 1.29 is 22.7 Å². The van der Waals surface area contributed by atoms with Gasteiger partial charge in [0.25, 0.3) is 0 Å². The van der Waals surface area contributed by atoms with Crippen LogP contribution in [0.3, 0.4) is 0 Å². The van der Waals surface area contributed by atoms with Crippen LogP contribution < -0.4 is 0 Å². The molecule has 0 N–H and O–H groups in total. The zero-order chi connectivity index (χ0) is 25.4. The second kappa shape index (κ2) is 9.17. The highest BCUT2D eigenvalue weighted by molar-refractivity contribution is 5.84. The lowest BCUT2D eigenvalue weighted by Gasteiger charge is -2.27. The molecule has 0 spiro atoms. The number of aromatic nitrogens is 3. The van der Waals surface area contributed by atoms with Crippen LogP contribution in [0.25, 0.3) is 16.8 Å². The third-order valence-corrected chi connectivity index (χ3v) is 6.27. The fourth-order valence-electron chi connectivity index (χ4n) is 4.50. The molecule has 35 heavy (non-hydrogen) atoms. The van der Waals surface area contributed by atoms with Gasteiger partial charge in [-0.15, -0.1) is 0 Å². The minimum Gasteiger partial charge on any atom is -0.468 e. The Labute approximate surface area is 201 Å². The molecule has 2 heterocycles. The Bertz CT molecular complexity index is 1380. The lowest BCUT2D eigenvalue weighted by molar-refractivity contribution is -0.147. The van der Waals surface area contributed by atoms with Crippen molar-refractivity contribution in [1.82, 2.24) is 14.6 Å². The number of benzene rings is 2. The summed E-state index contributed by atoms with van der Waals surface area (Å²) in [5.41, 5.74) is 3.19. The number of carbonyl (C=O) groups excluding carboxylic acids is 1. The summed E-state index contributed by atoms with van der Waals surface area (Å²) in [6.45, 7) is 5.71. The monoisotopic (exact) mass is 481 g/mol. The van der Waals surface area contributed by atoms with Crippen LogP contribution in [0.2, 0.25) is 0 Å². The van der Waals surface area contributed by atoms with Crippen LogP contribution in [-0.2, 0) is 34.0 Å². The van der Waals surface area contributed by atoms with Gasteiger partial charge in [-0.2, -0.15) is 18.3 Å². The van der Waals surface area contributed by atoms with Gasteiger partial charge >= 0.3 is 12.1 Å². The molecule has 0 saturated heterocycles. The Morgan fingerprint density at radius 1 is 1.09 bits per heavy atom. The number of hydrogen-bond acceptors (Lipinski definition) is 4. The highest BCUT2D eigenvalue weighted by atomic mass is 19.4. The normalized spacial score (nSPS) is 13.6. The number of carbonyl (C=O) groups is 1. The molecule has 8 heteroatoms. The van der Waals surface area contributed by atoms with Crippen molar-refractivity contribution >= 4 is 11.6 Å². The molecule has 2 aromatic carbocycles. The van der Waals surface area contributed by atoms with Gasteiger partial charge in [-0.3, -0.25) is 4.79 Å². The van der Waals surface area contributed by atoms with Crippen molar-refractivity contribution in [1.29, 1.82) is 0 Å². The molecule has 2 aromatic heterocycles. The number of methoxy groups -OCH3 is 1. The summed E-state index contributed by atoms with van der Waals surface area (Å²) in [6.07, 6.45) is -1.92. The Hall–Kier alpha value is -3.68. The van der Waals surface area contributed by atoms with Gasteiger partial charge in [-0.25, -0.2) is 9.50 Å². The standard InChI is InChI=1S/C27H26F3N3O2/c1-5-21-23(19-9-11-20(12-10-19)27(28,29)30)24-31-14-13-22(33(24)32-21)26(3,25(34)35-4)16-18-8-6-7-17(2)15-18/h6-15H,5,16H2,1-4H3. The number of nitrogens with zero attached hydrogens (tertiary/aromatic N) is 3. The van der Waals surface area contributed by atoms with Crippen molar-refractivity contribution in [3.63, 3.8) is 0 Å². The third kappa shape index (κ3) is 4.52. The van der Waals surface area contributed by atoms with E-state index in [2.05, 4.69) is 4.98 Å². The maximum atomic E-state index is 13.1. The summed E-state index contributed by atoms with van der Waals surface area (Å²) in [5, 5.41) is 4.74. The topological polar surface area (TPSA) is 56.5 Å². The number of rotatable bonds is 6. The molecule has 0 aliphatic carbocycles. The van der Waals surface area contributed by atoms with E-state index in [4.69, 9.17) is 9.84 Å². The number of halogens is 3. The largest absolute Gasteiger partial charge is 0.468 e. The van der Waals surface area contributed by atoms with Crippen LogP contribution in [-0.4, -0.2) is 27.7 Å². The predicted octanol–water partition coefficient (Wildman–Crippen LogP) is 5.96. The van der Waals surface area contributed by atoms with E-state index < -0.39 is 23.1 Å². The SMILES string of the molecule is CCc1nn2c(C(C)(Cc3cccc(C)c3)C(=O)OC)ccnc2c1-c1ccc(C(F)(F)F)cc1. The molecule has 182 valence electrons. The Morgan fingerprint density at radius 3 is 2.40 bits per heavy atom. The van der Waals surface area contributed by atoms with Crippen LogP contribution in [0.15, 0.2) is 60.8 Å². The highest BCUT2D eigenvalue weighted by Crippen LogP contribution is 2.36. The first-order valence-corrected chi connectivity index (χ1v) is 11.3. The first kappa shape index (κ1) is 24.4. The smallest absolute Gasteiger partial charge is 0.416 e. The van der Waals surface area contributed by atoms with Gasteiger partial charge in [-0.05, 0) is 56.0 Å². The zero-order valence-corrected chi connectivity index (χ0v) is 20.0. The molecule has 0 radical (unpaired) electrons. The number of alkyl halides is 3. The van der Waals surface area contributed by atoms with E-state index in [0.717, 1.165) is 23.3 Å². The third-order valence-electron chi connectivity index (χ3n) is 6.27. The Balaban J connectivity index is 1.90. The van der Waals surface area contributed by atoms with Crippen LogP contribution >= 0.6 is 0 Å². The summed E-state index contributed by atoms with van der Waals surface area (Å²) in [7, 11) is 1.35. The predicted molar refractivity (Wildman–Crippen MR) is 127 cm³/mol. The molecule has 4 rings (SSSR count). The van der Waals surface area contributed by atoms with Crippen molar-refractivity contribution in [2.75, 3.05) is 7.11 Å². The van der Waals surface area contributed by atoms with Crippen molar-refractivity contribution in [2.24, 2.45) is 0 Å². The zero-order valence-electron chi connectivity index (χ0n) is 20.0. The molecular weight excluding hydrogens is 455 g/mol. The second-order valence-corrected chi connectivity index (χ2v) is 8.81. The van der Waals surface area contributed by atoms with Crippen LogP contribution in [0.5, 0.6) is 0 Å². The number of ether oxygens (including phenoxy) is 1. The average molecular weight is 482 g/mol. The molecule has 5 nitrogen and oxygen atoms in total. The molecule has 0 amide bonds. The van der Waals surface area contributed by atoms with Gasteiger partial charge in [0, 0.05) is 11.8 Å². The summed E-state index contributed by atoms with van der Waals surface area (Å²) >= 11 is 0. The van der Waals surface area contributed by atoms with Gasteiger partial charge < -0.3 is 4.74 Å². The van der Waals surface area contributed by atoms with Crippen LogP contribution in [0, 0.1) is 6.92 Å². The molecule has 0 saturated carbocycles. The van der Waals surface area contributed by atoms with E-state index in [9.17, 15) is 18.0 Å². The fraction of sp³-hybridized carbons (Fsp3) is 0.296. The van der Waals surface area contributed by atoms with Gasteiger partial charge in [0.1, 0.15) is 5.41 Å². The summed E-state index contributed by atoms with van der Waals surface area (Å²) in [5.74, 6) is -0.420. The fourth-order valence-corrected chi connectivity index (χ4v) is 4.50. The van der Waals surface area contributed by atoms with Crippen molar-refractivity contribution in [3.05, 3.63) is 88.9 Å². The minimum absolute atomic E-state index is 0.372. The van der Waals surface area contributed by atoms with Crippen LogP contribution in [0.4, 0.5) is 13.2 Å². The molecule has 1 atom stereocenters. The average Bonchev–Trinajstić information content (AvgIpc) is 3.21. The number of fused-ring (bicyclic) bond motifs is 1. The van der Waals surface area contributed by atoms with Gasteiger partial charge in [0.2, 0.25) is 0 Å². The number of aryl methyl sites for hydroxylation is 2. The molecule has 0 fully saturated rings. The molecule has 0 aliphatic heterocycles. The Kier molecular flexibility index (Phi) is 6.40. The van der Waals surface area contributed by atoms with Gasteiger partial charge in [0.05, 0.1) is 24.1 Å². The lowest BCUT2D eigenvalue weighted by Crippen LogP contribution is -2.38. The van der Waals surface area contributed by atoms with E-state index in [1.54, 1.807) is 23.7 Å². The maximum absolute atomic E-state index is 13.1. The minimum atomic E-state index is -4.42. The van der Waals surface area contributed by atoms with Crippen molar-refractivity contribution in [2.45, 2.75) is 45.2 Å². The maximum Gasteiger partial charge on any atom is 0.416 e. The van der Waals surface area contributed by atoms with E-state index in [1.165, 1.54) is 19.2 Å². The first-order chi connectivity index (χ1) is 16.6. The molecule has 4 aromatic rings. The van der Waals surface area contributed by atoms with E-state index in [1.807, 2.05) is 38.1 Å². The lowest BCUT2D eigenvalue weighted by atomic mass is 9.80. The van der Waals surface area contributed by atoms with Gasteiger partial charge in [0.15, 0.2) is 5.65 Å². The number of hydrogen-bond donors (Lipinski definition) is 0. The summed E-state index contributed by atoms with van der Waals surface area (Å²) in [6, 6.07) is 14.6. The molecular formula is C27H26F3N3O2. The summed E-state index contributed by atoms with van der Waals surface area (Å²) < 4.78 is 46.1. The van der Waals surface area contributed by atoms with E-state index >= 15 is 0 Å². The summed E-state index contributed by atoms with van der Waals surface area (Å²) in [4.78, 5) is 17.6. The van der Waals surface area contributed by atoms with Gasteiger partial charge in [-0.1, -0.05) is 48.9 Å². The van der Waals surface area contributed by atoms with E-state index in [0.29, 0.717) is 41.0 Å². The van der Waals surface area contributed by atoms with Crippen molar-refractivity contribution in [3.8, 4) is 11.1 Å². The Morgan fingerprint density at radius 2 is 1.80 bits per heavy atom. The molecule has 0 aliphatic rings. The second-order valence-electron chi connectivity index (χ2n) is 8.81. The molecule has 1 unspecified atom stereocenters. The quantitative estimate of drug-likeness (QED) is 0.319. The van der Waals surface area contributed by atoms with E-state index in [-0.39, 0.29) is 0 Å².